The zero-order valence-electron chi connectivity index (χ0n) is 12.7. The number of unbranched alkanes of at least 4 members (excludes halogenated alkanes) is 1. The van der Waals surface area contributed by atoms with Crippen LogP contribution in [0.3, 0.4) is 0 Å². The first kappa shape index (κ1) is 15.8. The SMILES string of the molecule is CCCCC(=O)Nc1cccc(-n2ncc(C(=O)O)c2C)c1. The summed E-state index contributed by atoms with van der Waals surface area (Å²) in [5, 5.41) is 16.0. The summed E-state index contributed by atoms with van der Waals surface area (Å²) >= 11 is 0. The highest BCUT2D eigenvalue weighted by Crippen LogP contribution is 2.18. The Kier molecular flexibility index (Phi) is 4.93. The van der Waals surface area contributed by atoms with Crippen LogP contribution in [0.25, 0.3) is 5.69 Å². The average molecular weight is 301 g/mol. The smallest absolute Gasteiger partial charge is 0.339 e. The Morgan fingerprint density at radius 2 is 2.14 bits per heavy atom. The summed E-state index contributed by atoms with van der Waals surface area (Å²) in [4.78, 5) is 22.8. The van der Waals surface area contributed by atoms with Crippen molar-refractivity contribution < 1.29 is 14.7 Å². The number of benzene rings is 1. The molecule has 0 aliphatic carbocycles. The number of aromatic carboxylic acids is 1. The second kappa shape index (κ2) is 6.89. The van der Waals surface area contributed by atoms with Crippen molar-refractivity contribution >= 4 is 17.6 Å². The van der Waals surface area contributed by atoms with Crippen molar-refractivity contribution in [3.05, 3.63) is 41.7 Å². The molecule has 0 atom stereocenters. The number of amides is 1. The van der Waals surface area contributed by atoms with E-state index in [1.807, 2.05) is 13.0 Å². The van der Waals surface area contributed by atoms with E-state index < -0.39 is 5.97 Å². The first-order chi connectivity index (χ1) is 10.5. The molecule has 2 rings (SSSR count). The van der Waals surface area contributed by atoms with Gasteiger partial charge >= 0.3 is 5.97 Å². The summed E-state index contributed by atoms with van der Waals surface area (Å²) in [6, 6.07) is 7.18. The summed E-state index contributed by atoms with van der Waals surface area (Å²) in [5.74, 6) is -1.03. The molecular weight excluding hydrogens is 282 g/mol. The highest BCUT2D eigenvalue weighted by Gasteiger charge is 2.14. The van der Waals surface area contributed by atoms with Crippen LogP contribution in [0.5, 0.6) is 0 Å². The molecule has 6 heteroatoms. The van der Waals surface area contributed by atoms with Gasteiger partial charge in [0.05, 0.1) is 17.6 Å². The maximum Gasteiger partial charge on any atom is 0.339 e. The molecule has 0 fully saturated rings. The molecule has 2 N–H and O–H groups in total. The number of rotatable bonds is 6. The van der Waals surface area contributed by atoms with Gasteiger partial charge in [-0.1, -0.05) is 19.4 Å². The van der Waals surface area contributed by atoms with Crippen molar-refractivity contribution in [3.8, 4) is 5.69 Å². The summed E-state index contributed by atoms with van der Waals surface area (Å²) in [5.41, 5.74) is 2.09. The molecule has 0 aliphatic rings. The third-order valence-corrected chi connectivity index (χ3v) is 3.37. The van der Waals surface area contributed by atoms with Crippen molar-refractivity contribution in [2.45, 2.75) is 33.1 Å². The summed E-state index contributed by atoms with van der Waals surface area (Å²) < 4.78 is 1.55. The number of carboxylic acid groups (broad SMARTS) is 1. The largest absolute Gasteiger partial charge is 0.478 e. The van der Waals surface area contributed by atoms with Gasteiger partial charge < -0.3 is 10.4 Å². The van der Waals surface area contributed by atoms with E-state index in [4.69, 9.17) is 5.11 Å². The first-order valence-corrected chi connectivity index (χ1v) is 7.21. The molecule has 1 aromatic carbocycles. The Bertz CT molecular complexity index is 692. The van der Waals surface area contributed by atoms with E-state index in [2.05, 4.69) is 10.4 Å². The lowest BCUT2D eigenvalue weighted by Gasteiger charge is -2.09. The van der Waals surface area contributed by atoms with Crippen molar-refractivity contribution in [1.29, 1.82) is 0 Å². The van der Waals surface area contributed by atoms with Gasteiger partial charge in [-0.25, -0.2) is 9.48 Å². The van der Waals surface area contributed by atoms with Crippen LogP contribution in [-0.4, -0.2) is 26.8 Å². The fourth-order valence-corrected chi connectivity index (χ4v) is 2.16. The third kappa shape index (κ3) is 3.52. The van der Waals surface area contributed by atoms with Gasteiger partial charge in [0.2, 0.25) is 5.91 Å². The second-order valence-electron chi connectivity index (χ2n) is 5.06. The molecule has 1 heterocycles. The van der Waals surface area contributed by atoms with Gasteiger partial charge in [0.1, 0.15) is 5.56 Å². The molecule has 0 aliphatic heterocycles. The van der Waals surface area contributed by atoms with Crippen molar-refractivity contribution in [3.63, 3.8) is 0 Å². The Morgan fingerprint density at radius 3 is 2.77 bits per heavy atom. The van der Waals surface area contributed by atoms with Crippen LogP contribution in [0.2, 0.25) is 0 Å². The van der Waals surface area contributed by atoms with Crippen LogP contribution in [-0.2, 0) is 4.79 Å². The number of carbonyl (C=O) groups is 2. The summed E-state index contributed by atoms with van der Waals surface area (Å²) in [6.07, 6.45) is 3.64. The van der Waals surface area contributed by atoms with E-state index in [9.17, 15) is 9.59 Å². The summed E-state index contributed by atoms with van der Waals surface area (Å²) in [7, 11) is 0. The van der Waals surface area contributed by atoms with Crippen LogP contribution in [0.1, 0.15) is 42.2 Å². The van der Waals surface area contributed by atoms with Crippen LogP contribution in [0.4, 0.5) is 5.69 Å². The number of hydrogen-bond acceptors (Lipinski definition) is 3. The second-order valence-corrected chi connectivity index (χ2v) is 5.06. The van der Waals surface area contributed by atoms with E-state index in [1.54, 1.807) is 29.8 Å². The molecule has 0 unspecified atom stereocenters. The van der Waals surface area contributed by atoms with E-state index in [0.717, 1.165) is 12.8 Å². The van der Waals surface area contributed by atoms with Gasteiger partial charge in [-0.05, 0) is 31.5 Å². The minimum absolute atomic E-state index is 0.0255. The van der Waals surface area contributed by atoms with Gasteiger partial charge in [0, 0.05) is 12.1 Å². The van der Waals surface area contributed by atoms with E-state index >= 15 is 0 Å². The molecule has 0 spiro atoms. The molecule has 22 heavy (non-hydrogen) atoms. The molecule has 0 saturated heterocycles. The maximum absolute atomic E-state index is 11.8. The third-order valence-electron chi connectivity index (χ3n) is 3.37. The molecule has 0 saturated carbocycles. The molecule has 0 radical (unpaired) electrons. The normalized spacial score (nSPS) is 10.5. The Labute approximate surface area is 128 Å². The highest BCUT2D eigenvalue weighted by molar-refractivity contribution is 5.91. The Morgan fingerprint density at radius 1 is 1.36 bits per heavy atom. The van der Waals surface area contributed by atoms with Crippen LogP contribution in [0.15, 0.2) is 30.5 Å². The predicted molar refractivity (Wildman–Crippen MR) is 83.4 cm³/mol. The number of carbonyl (C=O) groups excluding carboxylic acids is 1. The van der Waals surface area contributed by atoms with Gasteiger partial charge in [-0.2, -0.15) is 5.10 Å². The zero-order chi connectivity index (χ0) is 16.1. The lowest BCUT2D eigenvalue weighted by atomic mass is 10.2. The molecule has 1 amide bonds. The molecule has 116 valence electrons. The molecule has 1 aromatic heterocycles. The van der Waals surface area contributed by atoms with Gasteiger partial charge in [0.25, 0.3) is 0 Å². The van der Waals surface area contributed by atoms with Crippen molar-refractivity contribution in [2.24, 2.45) is 0 Å². The zero-order valence-corrected chi connectivity index (χ0v) is 12.7. The quantitative estimate of drug-likeness (QED) is 0.859. The van der Waals surface area contributed by atoms with Crippen LogP contribution in [0, 0.1) is 6.92 Å². The molecular formula is C16H19N3O3. The average Bonchev–Trinajstić information content (AvgIpc) is 2.87. The van der Waals surface area contributed by atoms with E-state index in [0.29, 0.717) is 23.5 Å². The van der Waals surface area contributed by atoms with E-state index in [1.165, 1.54) is 6.20 Å². The fraction of sp³-hybridized carbons (Fsp3) is 0.312. The molecule has 6 nitrogen and oxygen atoms in total. The minimum atomic E-state index is -1.01. The maximum atomic E-state index is 11.8. The number of anilines is 1. The standard InChI is InChI=1S/C16H19N3O3/c1-3-4-8-15(20)18-12-6-5-7-13(9-12)19-11(2)14(10-17-19)16(21)22/h5-7,9-10H,3-4,8H2,1-2H3,(H,18,20)(H,21,22). The number of hydrogen-bond donors (Lipinski definition) is 2. The number of aromatic nitrogens is 2. The number of nitrogens with zero attached hydrogens (tertiary/aromatic N) is 2. The van der Waals surface area contributed by atoms with Gasteiger partial charge in [-0.15, -0.1) is 0 Å². The molecule has 0 bridgehead atoms. The lowest BCUT2D eigenvalue weighted by molar-refractivity contribution is -0.116. The van der Waals surface area contributed by atoms with Crippen molar-refractivity contribution in [1.82, 2.24) is 9.78 Å². The summed E-state index contributed by atoms with van der Waals surface area (Å²) in [6.45, 7) is 3.73. The Balaban J connectivity index is 2.21. The van der Waals surface area contributed by atoms with Gasteiger partial charge in [0.15, 0.2) is 0 Å². The minimum Gasteiger partial charge on any atom is -0.478 e. The van der Waals surface area contributed by atoms with Gasteiger partial charge in [-0.3, -0.25) is 4.79 Å². The van der Waals surface area contributed by atoms with Crippen LogP contribution < -0.4 is 5.32 Å². The predicted octanol–water partition coefficient (Wildman–Crippen LogP) is 3.01. The molecule has 2 aromatic rings. The van der Waals surface area contributed by atoms with Crippen molar-refractivity contribution in [2.75, 3.05) is 5.32 Å². The topological polar surface area (TPSA) is 84.2 Å². The Hall–Kier alpha value is -2.63. The first-order valence-electron chi connectivity index (χ1n) is 7.21. The highest BCUT2D eigenvalue weighted by atomic mass is 16.4. The number of nitrogens with one attached hydrogen (secondary N) is 1. The van der Waals surface area contributed by atoms with E-state index in [-0.39, 0.29) is 11.5 Å². The lowest BCUT2D eigenvalue weighted by Crippen LogP contribution is -2.11. The van der Waals surface area contributed by atoms with Crippen LogP contribution >= 0.6 is 0 Å². The fourth-order valence-electron chi connectivity index (χ4n) is 2.16. The monoisotopic (exact) mass is 301 g/mol. The number of carboxylic acids is 1.